The zero-order valence-corrected chi connectivity index (χ0v) is 12.1. The second-order valence-electron chi connectivity index (χ2n) is 3.97. The molecule has 0 aliphatic carbocycles. The summed E-state index contributed by atoms with van der Waals surface area (Å²) in [6, 6.07) is 10.4. The van der Waals surface area contributed by atoms with Gasteiger partial charge in [-0.15, -0.1) is 0 Å². The molecule has 0 saturated heterocycles. The van der Waals surface area contributed by atoms with E-state index in [1.807, 2.05) is 6.07 Å². The highest BCUT2D eigenvalue weighted by Crippen LogP contribution is 2.15. The Bertz CT molecular complexity index is 596. The van der Waals surface area contributed by atoms with Crippen LogP contribution in [0, 0.1) is 0 Å². The lowest BCUT2D eigenvalue weighted by Crippen LogP contribution is -2.34. The fourth-order valence-corrected chi connectivity index (χ4v) is 2.05. The average molecular weight is 337 g/mol. The first kappa shape index (κ1) is 14.3. The molecule has 1 aromatic heterocycles. The maximum atomic E-state index is 11.9. The van der Waals surface area contributed by atoms with Gasteiger partial charge in [0.2, 0.25) is 0 Å². The molecule has 20 heavy (non-hydrogen) atoms. The zero-order valence-electron chi connectivity index (χ0n) is 10.6. The van der Waals surface area contributed by atoms with E-state index in [4.69, 9.17) is 4.42 Å². The minimum Gasteiger partial charge on any atom is -0.459 e. The summed E-state index contributed by atoms with van der Waals surface area (Å²) in [7, 11) is 0. The highest BCUT2D eigenvalue weighted by atomic mass is 79.9. The summed E-state index contributed by atoms with van der Waals surface area (Å²) in [6.45, 7) is 0.669. The Labute approximate surface area is 124 Å². The molecule has 0 bridgehead atoms. The van der Waals surface area contributed by atoms with Crippen molar-refractivity contribution >= 4 is 27.7 Å². The van der Waals surface area contributed by atoms with Crippen LogP contribution in [0.1, 0.15) is 20.9 Å². The van der Waals surface area contributed by atoms with Crippen LogP contribution in [0.3, 0.4) is 0 Å². The molecule has 0 aliphatic heterocycles. The van der Waals surface area contributed by atoms with Crippen molar-refractivity contribution < 1.29 is 14.0 Å². The summed E-state index contributed by atoms with van der Waals surface area (Å²) in [5, 5.41) is 5.37. The molecule has 6 heteroatoms. The van der Waals surface area contributed by atoms with E-state index in [9.17, 15) is 9.59 Å². The van der Waals surface area contributed by atoms with Gasteiger partial charge in [0.05, 0.1) is 11.8 Å². The Balaban J connectivity index is 1.75. The number of halogens is 1. The van der Waals surface area contributed by atoms with E-state index in [1.54, 1.807) is 30.3 Å². The highest BCUT2D eigenvalue weighted by Gasteiger charge is 2.09. The van der Waals surface area contributed by atoms with Crippen LogP contribution in [0.15, 0.2) is 51.6 Å². The lowest BCUT2D eigenvalue weighted by atomic mass is 10.2. The standard InChI is InChI=1S/C14H13BrN2O3/c15-11-5-2-1-4-10(11)13(18)16-7-8-17-14(19)12-6-3-9-20-12/h1-6,9H,7-8H2,(H,16,18)(H,17,19). The maximum Gasteiger partial charge on any atom is 0.287 e. The van der Waals surface area contributed by atoms with Crippen LogP contribution in [-0.4, -0.2) is 24.9 Å². The molecule has 2 amide bonds. The molecular weight excluding hydrogens is 324 g/mol. The average Bonchev–Trinajstić information content (AvgIpc) is 2.98. The first-order valence-corrected chi connectivity index (χ1v) is 6.82. The summed E-state index contributed by atoms with van der Waals surface area (Å²) >= 11 is 3.31. The number of hydrogen-bond donors (Lipinski definition) is 2. The molecule has 0 atom stereocenters. The summed E-state index contributed by atoms with van der Waals surface area (Å²) in [5.41, 5.74) is 0.560. The van der Waals surface area contributed by atoms with E-state index in [1.165, 1.54) is 6.26 Å². The number of rotatable bonds is 5. The van der Waals surface area contributed by atoms with Gasteiger partial charge in [-0.05, 0) is 40.2 Å². The summed E-state index contributed by atoms with van der Waals surface area (Å²) in [4.78, 5) is 23.4. The van der Waals surface area contributed by atoms with Crippen molar-refractivity contribution in [1.82, 2.24) is 10.6 Å². The summed E-state index contributed by atoms with van der Waals surface area (Å²) in [6.07, 6.45) is 1.43. The van der Waals surface area contributed by atoms with Gasteiger partial charge < -0.3 is 15.1 Å². The summed E-state index contributed by atoms with van der Waals surface area (Å²) in [5.74, 6) is -0.239. The Morgan fingerprint density at radius 1 is 1.00 bits per heavy atom. The van der Waals surface area contributed by atoms with Gasteiger partial charge in [0.1, 0.15) is 0 Å². The van der Waals surface area contributed by atoms with Crippen LogP contribution >= 0.6 is 15.9 Å². The SMILES string of the molecule is O=C(NCCNC(=O)c1ccccc1Br)c1ccco1. The number of benzene rings is 1. The number of carbonyl (C=O) groups is 2. The number of nitrogens with one attached hydrogen (secondary N) is 2. The van der Waals surface area contributed by atoms with Gasteiger partial charge in [-0.25, -0.2) is 0 Å². The van der Waals surface area contributed by atoms with Crippen LogP contribution in [0.2, 0.25) is 0 Å². The van der Waals surface area contributed by atoms with Crippen molar-refractivity contribution in [1.29, 1.82) is 0 Å². The van der Waals surface area contributed by atoms with Crippen LogP contribution in [0.5, 0.6) is 0 Å². The van der Waals surface area contributed by atoms with Crippen LogP contribution in [0.25, 0.3) is 0 Å². The van der Waals surface area contributed by atoms with E-state index in [0.29, 0.717) is 18.7 Å². The molecule has 104 valence electrons. The molecule has 2 aromatic rings. The molecule has 0 radical (unpaired) electrons. The van der Waals surface area contributed by atoms with Gasteiger partial charge in [-0.2, -0.15) is 0 Å². The van der Waals surface area contributed by atoms with Crippen LogP contribution in [-0.2, 0) is 0 Å². The van der Waals surface area contributed by atoms with E-state index >= 15 is 0 Å². The van der Waals surface area contributed by atoms with E-state index in [2.05, 4.69) is 26.6 Å². The molecule has 2 rings (SSSR count). The molecular formula is C14H13BrN2O3. The van der Waals surface area contributed by atoms with Crippen LogP contribution in [0.4, 0.5) is 0 Å². The summed E-state index contributed by atoms with van der Waals surface area (Å²) < 4.78 is 5.69. The Hall–Kier alpha value is -2.08. The maximum absolute atomic E-state index is 11.9. The van der Waals surface area contributed by atoms with E-state index < -0.39 is 0 Å². The smallest absolute Gasteiger partial charge is 0.287 e. The number of hydrogen-bond acceptors (Lipinski definition) is 3. The van der Waals surface area contributed by atoms with Gasteiger partial charge in [0.15, 0.2) is 5.76 Å². The van der Waals surface area contributed by atoms with Crippen molar-refractivity contribution in [3.63, 3.8) is 0 Å². The molecule has 2 N–H and O–H groups in total. The number of furan rings is 1. The Kier molecular flexibility index (Phi) is 4.95. The largest absolute Gasteiger partial charge is 0.459 e. The van der Waals surface area contributed by atoms with Gasteiger partial charge in [0, 0.05) is 17.6 Å². The minimum absolute atomic E-state index is 0.190. The number of carbonyl (C=O) groups excluding carboxylic acids is 2. The van der Waals surface area contributed by atoms with Gasteiger partial charge in [0.25, 0.3) is 11.8 Å². The third-order valence-electron chi connectivity index (χ3n) is 2.56. The van der Waals surface area contributed by atoms with Crippen LogP contribution < -0.4 is 10.6 Å². The van der Waals surface area contributed by atoms with Crippen molar-refractivity contribution in [3.05, 3.63) is 58.5 Å². The lowest BCUT2D eigenvalue weighted by Gasteiger charge is -2.07. The van der Waals surface area contributed by atoms with Crippen molar-refractivity contribution in [2.24, 2.45) is 0 Å². The predicted molar refractivity (Wildman–Crippen MR) is 77.5 cm³/mol. The minimum atomic E-state index is -0.301. The van der Waals surface area contributed by atoms with Crippen molar-refractivity contribution in [3.8, 4) is 0 Å². The Morgan fingerprint density at radius 3 is 2.35 bits per heavy atom. The van der Waals surface area contributed by atoms with Crippen molar-refractivity contribution in [2.75, 3.05) is 13.1 Å². The van der Waals surface area contributed by atoms with Gasteiger partial charge in [-0.1, -0.05) is 12.1 Å². The van der Waals surface area contributed by atoms with Gasteiger partial charge >= 0.3 is 0 Å². The predicted octanol–water partition coefficient (Wildman–Crippen LogP) is 2.20. The fraction of sp³-hybridized carbons (Fsp3) is 0.143. The second-order valence-corrected chi connectivity index (χ2v) is 4.82. The van der Waals surface area contributed by atoms with E-state index in [0.717, 1.165) is 4.47 Å². The van der Waals surface area contributed by atoms with Crippen molar-refractivity contribution in [2.45, 2.75) is 0 Å². The quantitative estimate of drug-likeness (QED) is 0.822. The lowest BCUT2D eigenvalue weighted by molar-refractivity contribution is 0.0910. The second kappa shape index (κ2) is 6.91. The monoisotopic (exact) mass is 336 g/mol. The molecule has 1 heterocycles. The third-order valence-corrected chi connectivity index (χ3v) is 3.25. The topological polar surface area (TPSA) is 71.3 Å². The normalized spacial score (nSPS) is 10.1. The van der Waals surface area contributed by atoms with Gasteiger partial charge in [-0.3, -0.25) is 9.59 Å². The van der Waals surface area contributed by atoms with E-state index in [-0.39, 0.29) is 17.6 Å². The first-order valence-electron chi connectivity index (χ1n) is 6.03. The Morgan fingerprint density at radius 2 is 1.70 bits per heavy atom. The fourth-order valence-electron chi connectivity index (χ4n) is 1.59. The molecule has 0 unspecified atom stereocenters. The highest BCUT2D eigenvalue weighted by molar-refractivity contribution is 9.10. The molecule has 1 aromatic carbocycles. The third kappa shape index (κ3) is 3.71. The molecule has 0 fully saturated rings. The molecule has 0 saturated carbocycles. The molecule has 0 aliphatic rings. The molecule has 0 spiro atoms. The zero-order chi connectivity index (χ0) is 14.4. The molecule has 5 nitrogen and oxygen atoms in total. The first-order chi connectivity index (χ1) is 9.68. The number of amides is 2.